The van der Waals surface area contributed by atoms with Crippen molar-refractivity contribution in [2.45, 2.75) is 37.8 Å². The summed E-state index contributed by atoms with van der Waals surface area (Å²) in [6, 6.07) is 12.0. The number of carbonyl (C=O) groups is 1. The van der Waals surface area contributed by atoms with Crippen molar-refractivity contribution in [2.75, 3.05) is 7.05 Å². The van der Waals surface area contributed by atoms with Crippen molar-refractivity contribution >= 4 is 21.8 Å². The van der Waals surface area contributed by atoms with Crippen LogP contribution in [0.5, 0.6) is 0 Å². The molecular formula is C21H24FN3O3S. The van der Waals surface area contributed by atoms with Crippen molar-refractivity contribution in [3.63, 3.8) is 0 Å². The molecule has 0 bridgehead atoms. The molecule has 1 heterocycles. The van der Waals surface area contributed by atoms with E-state index < -0.39 is 16.1 Å². The Bertz CT molecular complexity index is 1050. The number of hydrogen-bond acceptors (Lipinski definition) is 4. The average molecular weight is 418 g/mol. The smallest absolute Gasteiger partial charge is 0.263 e. The third-order valence-corrected chi connectivity index (χ3v) is 6.07. The summed E-state index contributed by atoms with van der Waals surface area (Å²) in [5.74, 6) is -0.350. The predicted molar refractivity (Wildman–Crippen MR) is 109 cm³/mol. The van der Waals surface area contributed by atoms with Gasteiger partial charge < -0.3 is 4.90 Å². The van der Waals surface area contributed by atoms with Gasteiger partial charge in [0.05, 0.1) is 4.90 Å². The minimum absolute atomic E-state index is 0.104. The van der Waals surface area contributed by atoms with E-state index in [2.05, 4.69) is 9.71 Å². The quantitative estimate of drug-likeness (QED) is 0.785. The molecule has 3 rings (SSSR count). The fraction of sp³-hybridized carbons (Fsp3) is 0.333. The molecule has 0 radical (unpaired) electrons. The summed E-state index contributed by atoms with van der Waals surface area (Å²) in [5, 5.41) is 0. The number of carbonyl (C=O) groups excluding carboxylic acids is 1. The number of nitrogens with one attached hydrogen (secondary N) is 1. The molecule has 1 aliphatic heterocycles. The first kappa shape index (κ1) is 21.0. The fourth-order valence-corrected chi connectivity index (χ4v) is 4.49. The van der Waals surface area contributed by atoms with Crippen molar-refractivity contribution in [2.24, 2.45) is 10.9 Å². The molecule has 29 heavy (non-hydrogen) atoms. The normalized spacial score (nSPS) is 17.1. The fourth-order valence-electron chi connectivity index (χ4n) is 3.26. The second-order valence-electron chi connectivity index (χ2n) is 7.51. The van der Waals surface area contributed by atoms with Crippen LogP contribution < -0.4 is 4.72 Å². The van der Waals surface area contributed by atoms with Crippen molar-refractivity contribution in [1.82, 2.24) is 9.62 Å². The number of aliphatic imine (C=N–C) groups is 1. The van der Waals surface area contributed by atoms with Crippen LogP contribution in [0.2, 0.25) is 0 Å². The van der Waals surface area contributed by atoms with Crippen LogP contribution in [0.25, 0.3) is 0 Å². The van der Waals surface area contributed by atoms with Gasteiger partial charge in [-0.05, 0) is 30.5 Å². The molecule has 1 atom stereocenters. The largest absolute Gasteiger partial charge is 0.339 e. The lowest BCUT2D eigenvalue weighted by Gasteiger charge is -2.23. The lowest BCUT2D eigenvalue weighted by molar-refractivity contribution is -0.132. The van der Waals surface area contributed by atoms with Crippen LogP contribution in [0.4, 0.5) is 4.39 Å². The summed E-state index contributed by atoms with van der Waals surface area (Å²) in [6.07, 6.45) is 0.438. The van der Waals surface area contributed by atoms with E-state index in [1.54, 1.807) is 43.4 Å². The summed E-state index contributed by atoms with van der Waals surface area (Å²) in [5.41, 5.74) is 0.858. The number of likely N-dealkylation sites (N-methyl/N-ethyl adjacent to an activating group) is 1. The van der Waals surface area contributed by atoms with Gasteiger partial charge in [-0.15, -0.1) is 0 Å². The maximum atomic E-state index is 14.0. The van der Waals surface area contributed by atoms with Gasteiger partial charge in [0.25, 0.3) is 10.0 Å². The molecule has 0 aromatic heterocycles. The molecule has 6 nitrogen and oxygen atoms in total. The summed E-state index contributed by atoms with van der Waals surface area (Å²) in [7, 11) is -2.09. The molecule has 1 amide bonds. The number of amidine groups is 1. The van der Waals surface area contributed by atoms with Gasteiger partial charge in [0.2, 0.25) is 5.91 Å². The Kier molecular flexibility index (Phi) is 6.02. The standard InChI is InChI=1S/C21H24FN3O3S/c1-14(2)12-18(21(26)25(3)13-15-8-4-6-10-17(15)22)23-20-16-9-5-7-11-19(16)29(27,28)24-20/h4-11,14,18H,12-13H2,1-3H3,(H,23,24). The molecule has 2 aromatic carbocycles. The molecule has 0 spiro atoms. The van der Waals surface area contributed by atoms with Crippen molar-refractivity contribution < 1.29 is 17.6 Å². The summed E-state index contributed by atoms with van der Waals surface area (Å²) >= 11 is 0. The highest BCUT2D eigenvalue weighted by Crippen LogP contribution is 2.24. The minimum Gasteiger partial charge on any atom is -0.339 e. The van der Waals surface area contributed by atoms with Crippen molar-refractivity contribution in [3.8, 4) is 0 Å². The molecule has 8 heteroatoms. The van der Waals surface area contributed by atoms with Gasteiger partial charge in [-0.25, -0.2) is 12.8 Å². The molecule has 0 saturated heterocycles. The van der Waals surface area contributed by atoms with Crippen LogP contribution in [0, 0.1) is 11.7 Å². The van der Waals surface area contributed by atoms with Crippen molar-refractivity contribution in [3.05, 3.63) is 65.5 Å². The molecular weight excluding hydrogens is 393 g/mol. The number of sulfonamides is 1. The van der Waals surface area contributed by atoms with E-state index in [1.165, 1.54) is 17.0 Å². The number of hydrogen-bond donors (Lipinski definition) is 1. The Balaban J connectivity index is 1.90. The third-order valence-electron chi connectivity index (χ3n) is 4.67. The van der Waals surface area contributed by atoms with E-state index in [0.29, 0.717) is 17.5 Å². The minimum atomic E-state index is -3.68. The number of benzene rings is 2. The van der Waals surface area contributed by atoms with Gasteiger partial charge in [-0.3, -0.25) is 14.5 Å². The Labute approximate surface area is 170 Å². The zero-order valence-corrected chi connectivity index (χ0v) is 17.4. The van der Waals surface area contributed by atoms with Gasteiger partial charge >= 0.3 is 0 Å². The topological polar surface area (TPSA) is 78.8 Å². The molecule has 1 unspecified atom stereocenters. The van der Waals surface area contributed by atoms with E-state index in [-0.39, 0.29) is 34.9 Å². The number of halogens is 1. The number of fused-ring (bicyclic) bond motifs is 1. The highest BCUT2D eigenvalue weighted by Gasteiger charge is 2.32. The van der Waals surface area contributed by atoms with E-state index in [9.17, 15) is 17.6 Å². The first-order valence-electron chi connectivity index (χ1n) is 9.37. The second-order valence-corrected chi connectivity index (χ2v) is 9.16. The van der Waals surface area contributed by atoms with Crippen LogP contribution in [-0.2, 0) is 21.4 Å². The maximum Gasteiger partial charge on any atom is 0.263 e. The molecule has 0 saturated carbocycles. The van der Waals surface area contributed by atoms with E-state index >= 15 is 0 Å². The second kappa shape index (κ2) is 8.32. The highest BCUT2D eigenvalue weighted by molar-refractivity contribution is 7.90. The third kappa shape index (κ3) is 4.64. The van der Waals surface area contributed by atoms with Crippen LogP contribution in [0.1, 0.15) is 31.4 Å². The Morgan fingerprint density at radius 2 is 1.79 bits per heavy atom. The number of amides is 1. The average Bonchev–Trinajstić information content (AvgIpc) is 2.92. The van der Waals surface area contributed by atoms with E-state index in [4.69, 9.17) is 0 Å². The first-order valence-corrected chi connectivity index (χ1v) is 10.9. The molecule has 1 aliphatic rings. The predicted octanol–water partition coefficient (Wildman–Crippen LogP) is 2.94. The lowest BCUT2D eigenvalue weighted by atomic mass is 10.0. The van der Waals surface area contributed by atoms with Crippen LogP contribution in [0.15, 0.2) is 58.4 Å². The number of rotatable bonds is 6. The molecule has 2 aromatic rings. The zero-order chi connectivity index (χ0) is 21.2. The Hall–Kier alpha value is -2.74. The van der Waals surface area contributed by atoms with Crippen LogP contribution in [-0.4, -0.2) is 38.2 Å². The molecule has 1 N–H and O–H groups in total. The van der Waals surface area contributed by atoms with E-state index in [0.717, 1.165) is 0 Å². The SMILES string of the molecule is CC(C)CC(N=C1NS(=O)(=O)c2ccccc21)C(=O)N(C)Cc1ccccc1F. The first-order chi connectivity index (χ1) is 13.7. The van der Waals surface area contributed by atoms with Gasteiger partial charge in [-0.2, -0.15) is 0 Å². The van der Waals surface area contributed by atoms with Crippen LogP contribution >= 0.6 is 0 Å². The van der Waals surface area contributed by atoms with Crippen LogP contribution in [0.3, 0.4) is 0 Å². The number of nitrogens with zero attached hydrogens (tertiary/aromatic N) is 2. The molecule has 0 aliphatic carbocycles. The highest BCUT2D eigenvalue weighted by atomic mass is 32.2. The summed E-state index contributed by atoms with van der Waals surface area (Å²) in [4.78, 5) is 19.1. The Morgan fingerprint density at radius 3 is 2.48 bits per heavy atom. The van der Waals surface area contributed by atoms with Gasteiger partial charge in [0.1, 0.15) is 17.7 Å². The zero-order valence-electron chi connectivity index (χ0n) is 16.6. The molecule has 0 fully saturated rings. The maximum absolute atomic E-state index is 14.0. The summed E-state index contributed by atoms with van der Waals surface area (Å²) < 4.78 is 41.0. The summed E-state index contributed by atoms with van der Waals surface area (Å²) in [6.45, 7) is 4.03. The Morgan fingerprint density at radius 1 is 1.14 bits per heavy atom. The van der Waals surface area contributed by atoms with Crippen molar-refractivity contribution in [1.29, 1.82) is 0 Å². The van der Waals surface area contributed by atoms with Gasteiger partial charge in [-0.1, -0.05) is 44.2 Å². The lowest BCUT2D eigenvalue weighted by Crippen LogP contribution is -2.37. The van der Waals surface area contributed by atoms with Gasteiger partial charge in [0, 0.05) is 24.7 Å². The van der Waals surface area contributed by atoms with E-state index in [1.807, 2.05) is 13.8 Å². The monoisotopic (exact) mass is 417 g/mol. The molecule has 154 valence electrons. The van der Waals surface area contributed by atoms with Gasteiger partial charge in [0.15, 0.2) is 0 Å².